The number of hydrogen-bond acceptors (Lipinski definition) is 4. The normalized spacial score (nSPS) is 43.9. The molecule has 2 heterocycles. The van der Waals surface area contributed by atoms with E-state index >= 15 is 0 Å². The summed E-state index contributed by atoms with van der Waals surface area (Å²) in [5.41, 5.74) is -0.0478. The smallest absolute Gasteiger partial charge is 0.259 e. The summed E-state index contributed by atoms with van der Waals surface area (Å²) in [5.74, 6) is 3.92. The fraction of sp³-hybridized carbons (Fsp3) is 0.690. The molecule has 3 N–H and O–H groups in total. The first kappa shape index (κ1) is 24.3. The van der Waals surface area contributed by atoms with E-state index in [9.17, 15) is 19.5 Å². The van der Waals surface area contributed by atoms with Gasteiger partial charge in [-0.15, -0.1) is 0 Å². The second-order valence-corrected chi connectivity index (χ2v) is 11.6. The average molecular weight is 481 g/mol. The van der Waals surface area contributed by atoms with Crippen LogP contribution >= 0.6 is 0 Å². The molecule has 0 aromatic carbocycles. The quantitative estimate of drug-likeness (QED) is 0.386. The number of allylic oxidation sites excluding steroid dienone is 4. The van der Waals surface area contributed by atoms with Crippen molar-refractivity contribution in [1.29, 1.82) is 0 Å². The van der Waals surface area contributed by atoms with Crippen molar-refractivity contribution >= 4 is 17.6 Å². The van der Waals surface area contributed by atoms with E-state index in [1.54, 1.807) is 6.08 Å². The molecule has 0 spiro atoms. The van der Waals surface area contributed by atoms with Crippen molar-refractivity contribution in [3.05, 3.63) is 35.6 Å². The third-order valence-corrected chi connectivity index (χ3v) is 9.89. The number of amides is 2. The molecule has 2 saturated carbocycles. The van der Waals surface area contributed by atoms with Gasteiger partial charge in [0.05, 0.1) is 6.04 Å². The molecule has 5 aliphatic rings. The Kier molecular flexibility index (Phi) is 6.91. The number of aliphatic hydroxyl groups is 1. The standard InChI is InChI=1S/C29H40N2O4/c1-3-18-16(2)14-22-20(18)10-11-21-19-6-4-8-26(33)30-13-5-7-24-28(34)27(29(35)31-24)25(32)12-9-17(19)15-23(21)22/h4,8,10-11,16-24,32H,3,5-7,9,12-15H2,1-2H3,(H,30,33)(H,31,35)/b8-4?,27-25+/t16-,17-,18-,19+,20+,21-,22+,23+,24+/m1/s1. The molecule has 0 aromatic rings. The summed E-state index contributed by atoms with van der Waals surface area (Å²) in [7, 11) is 0. The third kappa shape index (κ3) is 4.49. The Bertz CT molecular complexity index is 966. The topological polar surface area (TPSA) is 95.5 Å². The lowest BCUT2D eigenvalue weighted by atomic mass is 9.69. The Labute approximate surface area is 208 Å². The molecule has 0 radical (unpaired) electrons. The molecular weight excluding hydrogens is 440 g/mol. The molecule has 6 heteroatoms. The summed E-state index contributed by atoms with van der Waals surface area (Å²) in [6.45, 7) is 5.18. The molecule has 35 heavy (non-hydrogen) atoms. The SMILES string of the molecule is CC[C@H]1[C@@H]2C=C[C@@H]3[C@H]4CC=CC(=O)NCCC[C@@H]5NC(=O)/C(=C(/O)CC[C@@H]4C[C@@H]3[C@H]2C[C@H]1C)C5=O. The highest BCUT2D eigenvalue weighted by Crippen LogP contribution is 2.59. The van der Waals surface area contributed by atoms with Gasteiger partial charge in [-0.05, 0) is 91.9 Å². The van der Waals surface area contributed by atoms with Crippen LogP contribution in [0.4, 0.5) is 0 Å². The zero-order chi connectivity index (χ0) is 24.7. The van der Waals surface area contributed by atoms with Gasteiger partial charge in [0.25, 0.3) is 5.91 Å². The maximum atomic E-state index is 12.8. The van der Waals surface area contributed by atoms with E-state index in [1.807, 2.05) is 6.08 Å². The minimum absolute atomic E-state index is 0.0477. The van der Waals surface area contributed by atoms with Gasteiger partial charge in [-0.1, -0.05) is 38.5 Å². The highest BCUT2D eigenvalue weighted by molar-refractivity contribution is 6.26. The Morgan fingerprint density at radius 1 is 1.03 bits per heavy atom. The fourth-order valence-electron chi connectivity index (χ4n) is 8.29. The van der Waals surface area contributed by atoms with Crippen LogP contribution in [-0.4, -0.2) is 35.3 Å². The average Bonchev–Trinajstić information content (AvgIpc) is 3.44. The van der Waals surface area contributed by atoms with E-state index in [0.717, 1.165) is 31.1 Å². The van der Waals surface area contributed by atoms with Gasteiger partial charge in [0.15, 0.2) is 5.78 Å². The van der Waals surface area contributed by atoms with Gasteiger partial charge in [-0.2, -0.15) is 0 Å². The van der Waals surface area contributed by atoms with E-state index in [0.29, 0.717) is 61.3 Å². The van der Waals surface area contributed by atoms with Gasteiger partial charge < -0.3 is 15.7 Å². The predicted molar refractivity (Wildman–Crippen MR) is 134 cm³/mol. The summed E-state index contributed by atoms with van der Waals surface area (Å²) < 4.78 is 0. The maximum Gasteiger partial charge on any atom is 0.259 e. The van der Waals surface area contributed by atoms with Crippen LogP contribution in [0.1, 0.15) is 65.2 Å². The third-order valence-electron chi connectivity index (χ3n) is 9.89. The zero-order valence-corrected chi connectivity index (χ0v) is 21.0. The molecule has 5 rings (SSSR count). The molecule has 0 unspecified atom stereocenters. The first-order chi connectivity index (χ1) is 16.9. The zero-order valence-electron chi connectivity index (χ0n) is 21.0. The van der Waals surface area contributed by atoms with Gasteiger partial charge in [-0.25, -0.2) is 0 Å². The number of ketones is 1. The van der Waals surface area contributed by atoms with Crippen LogP contribution in [0.5, 0.6) is 0 Å². The van der Waals surface area contributed by atoms with Crippen LogP contribution in [0, 0.1) is 47.3 Å². The molecule has 190 valence electrons. The lowest BCUT2D eigenvalue weighted by molar-refractivity contribution is -0.118. The van der Waals surface area contributed by atoms with Crippen LogP contribution in [0.2, 0.25) is 0 Å². The molecule has 0 aromatic heterocycles. The number of hydrogen-bond donors (Lipinski definition) is 3. The summed E-state index contributed by atoms with van der Waals surface area (Å²) in [6, 6.07) is -0.611. The van der Waals surface area contributed by atoms with Crippen molar-refractivity contribution in [2.75, 3.05) is 6.54 Å². The number of aliphatic hydroxyl groups excluding tert-OH is 1. The van der Waals surface area contributed by atoms with Crippen LogP contribution in [0.3, 0.4) is 0 Å². The molecule has 2 aliphatic heterocycles. The minimum atomic E-state index is -0.611. The largest absolute Gasteiger partial charge is 0.511 e. The molecule has 3 aliphatic carbocycles. The number of rotatable bonds is 1. The van der Waals surface area contributed by atoms with Gasteiger partial charge >= 0.3 is 0 Å². The van der Waals surface area contributed by atoms with Gasteiger partial charge in [-0.3, -0.25) is 14.4 Å². The number of nitrogens with one attached hydrogen (secondary N) is 2. The summed E-state index contributed by atoms with van der Waals surface area (Å²) in [5, 5.41) is 16.4. The van der Waals surface area contributed by atoms with E-state index in [4.69, 9.17) is 0 Å². The fourth-order valence-corrected chi connectivity index (χ4v) is 8.29. The number of Topliss-reactive ketones (excluding diaryl/α,β-unsaturated/α-hetero) is 1. The monoisotopic (exact) mass is 480 g/mol. The lowest BCUT2D eigenvalue weighted by Crippen LogP contribution is -2.31. The second-order valence-electron chi connectivity index (χ2n) is 11.6. The number of fused-ring (bicyclic) bond motifs is 7. The molecule has 3 fully saturated rings. The van der Waals surface area contributed by atoms with Crippen molar-refractivity contribution < 1.29 is 19.5 Å². The van der Waals surface area contributed by atoms with Crippen LogP contribution in [-0.2, 0) is 14.4 Å². The summed E-state index contributed by atoms with van der Waals surface area (Å²) in [6.07, 6.45) is 15.3. The van der Waals surface area contributed by atoms with E-state index in [-0.39, 0.29) is 23.0 Å². The van der Waals surface area contributed by atoms with Crippen molar-refractivity contribution in [3.8, 4) is 0 Å². The Balaban J connectivity index is 1.41. The van der Waals surface area contributed by atoms with E-state index in [1.165, 1.54) is 12.8 Å². The van der Waals surface area contributed by atoms with Crippen molar-refractivity contribution in [2.45, 2.75) is 71.3 Å². The second kappa shape index (κ2) is 9.94. The minimum Gasteiger partial charge on any atom is -0.511 e. The number of carbonyl (C=O) groups excluding carboxylic acids is 3. The molecule has 2 bridgehead atoms. The predicted octanol–water partition coefficient (Wildman–Crippen LogP) is 4.24. The van der Waals surface area contributed by atoms with Crippen LogP contribution in [0.25, 0.3) is 0 Å². The van der Waals surface area contributed by atoms with Crippen LogP contribution < -0.4 is 10.6 Å². The van der Waals surface area contributed by atoms with Gasteiger partial charge in [0, 0.05) is 13.0 Å². The van der Waals surface area contributed by atoms with Gasteiger partial charge in [0.1, 0.15) is 11.3 Å². The Morgan fingerprint density at radius 3 is 2.60 bits per heavy atom. The number of carbonyl (C=O) groups is 3. The molecule has 6 nitrogen and oxygen atoms in total. The Hall–Kier alpha value is -2.37. The molecule has 2 amide bonds. The molecule has 1 saturated heterocycles. The van der Waals surface area contributed by atoms with Crippen molar-refractivity contribution in [1.82, 2.24) is 10.6 Å². The van der Waals surface area contributed by atoms with E-state index < -0.39 is 11.9 Å². The first-order valence-electron chi connectivity index (χ1n) is 13.8. The summed E-state index contributed by atoms with van der Waals surface area (Å²) in [4.78, 5) is 37.6. The molecular formula is C29H40N2O4. The Morgan fingerprint density at radius 2 is 1.80 bits per heavy atom. The lowest BCUT2D eigenvalue weighted by Gasteiger charge is -2.35. The highest BCUT2D eigenvalue weighted by atomic mass is 16.3. The van der Waals surface area contributed by atoms with Gasteiger partial charge in [0.2, 0.25) is 5.91 Å². The van der Waals surface area contributed by atoms with Crippen molar-refractivity contribution in [3.63, 3.8) is 0 Å². The van der Waals surface area contributed by atoms with Crippen LogP contribution in [0.15, 0.2) is 35.6 Å². The highest BCUT2D eigenvalue weighted by Gasteiger charge is 2.52. The maximum absolute atomic E-state index is 12.8. The van der Waals surface area contributed by atoms with Crippen molar-refractivity contribution in [2.24, 2.45) is 47.3 Å². The first-order valence-corrected chi connectivity index (χ1v) is 13.8. The summed E-state index contributed by atoms with van der Waals surface area (Å²) >= 11 is 0. The molecule has 9 atom stereocenters. The van der Waals surface area contributed by atoms with E-state index in [2.05, 4.69) is 36.6 Å².